The Labute approximate surface area is 167 Å². The first-order valence-electron chi connectivity index (χ1n) is 8.51. The maximum absolute atomic E-state index is 9.01. The second-order valence-corrected chi connectivity index (χ2v) is 7.45. The number of guanidine groups is 1. The lowest BCUT2D eigenvalue weighted by Crippen LogP contribution is -2.26. The molecule has 2 aromatic carbocycles. The maximum atomic E-state index is 9.01. The molecule has 138 valence electrons. The van der Waals surface area contributed by atoms with Crippen LogP contribution in [0.25, 0.3) is 10.2 Å². The van der Waals surface area contributed by atoms with Crippen molar-refractivity contribution in [1.29, 1.82) is 5.26 Å². The molecule has 3 rings (SSSR count). The highest BCUT2D eigenvalue weighted by molar-refractivity contribution is 7.82. The monoisotopic (exact) mass is 397 g/mol. The first kappa shape index (κ1) is 19.0. The molecule has 0 bridgehead atoms. The van der Waals surface area contributed by atoms with Crippen molar-refractivity contribution in [2.75, 3.05) is 11.9 Å². The summed E-state index contributed by atoms with van der Waals surface area (Å²) in [5.74, 6) is 1.16. The van der Waals surface area contributed by atoms with Crippen molar-refractivity contribution >= 4 is 51.5 Å². The molecule has 0 aliphatic carbocycles. The van der Waals surface area contributed by atoms with Crippen LogP contribution in [0, 0.1) is 11.5 Å². The fraction of sp³-hybridized carbons (Fsp3) is 0.211. The maximum Gasteiger partial charge on any atom is 0.214 e. The number of aromatic nitrogens is 1. The zero-order valence-electron chi connectivity index (χ0n) is 14.8. The van der Waals surface area contributed by atoms with E-state index in [4.69, 9.17) is 10.00 Å². The fourth-order valence-electron chi connectivity index (χ4n) is 2.35. The van der Waals surface area contributed by atoms with Gasteiger partial charge in [-0.05, 0) is 48.9 Å². The molecule has 8 heteroatoms. The molecule has 0 aliphatic heterocycles. The van der Waals surface area contributed by atoms with E-state index in [0.717, 1.165) is 34.5 Å². The van der Waals surface area contributed by atoms with Crippen LogP contribution < -0.4 is 15.4 Å². The SMILES string of the molecule is CCCCOc1ccc(N/C(=N\c2ccc3nc(S)sc3c2)NC#N)cc1. The molecule has 6 nitrogen and oxygen atoms in total. The Morgan fingerprint density at radius 3 is 2.85 bits per heavy atom. The van der Waals surface area contributed by atoms with Crippen molar-refractivity contribution in [2.45, 2.75) is 24.1 Å². The van der Waals surface area contributed by atoms with Crippen LogP contribution in [0.1, 0.15) is 19.8 Å². The largest absolute Gasteiger partial charge is 0.494 e. The molecule has 0 atom stereocenters. The quantitative estimate of drug-likeness (QED) is 0.137. The van der Waals surface area contributed by atoms with Gasteiger partial charge in [0.25, 0.3) is 0 Å². The summed E-state index contributed by atoms with van der Waals surface area (Å²) in [5.41, 5.74) is 2.39. The topological polar surface area (TPSA) is 82.3 Å². The molecule has 2 N–H and O–H groups in total. The van der Waals surface area contributed by atoms with Crippen LogP contribution in [0.4, 0.5) is 11.4 Å². The van der Waals surface area contributed by atoms with E-state index < -0.39 is 0 Å². The van der Waals surface area contributed by atoms with E-state index in [0.29, 0.717) is 22.6 Å². The molecule has 0 aliphatic rings. The van der Waals surface area contributed by atoms with E-state index in [9.17, 15) is 0 Å². The van der Waals surface area contributed by atoms with Crippen LogP contribution >= 0.6 is 24.0 Å². The van der Waals surface area contributed by atoms with Crippen molar-refractivity contribution in [1.82, 2.24) is 10.3 Å². The molecule has 1 heterocycles. The lowest BCUT2D eigenvalue weighted by molar-refractivity contribution is 0.309. The third kappa shape index (κ3) is 5.36. The smallest absolute Gasteiger partial charge is 0.214 e. The molecule has 27 heavy (non-hydrogen) atoms. The Morgan fingerprint density at radius 1 is 1.30 bits per heavy atom. The zero-order chi connectivity index (χ0) is 19.1. The summed E-state index contributed by atoms with van der Waals surface area (Å²) >= 11 is 5.76. The molecular formula is C19H19N5OS2. The van der Waals surface area contributed by atoms with E-state index in [1.165, 1.54) is 11.3 Å². The van der Waals surface area contributed by atoms with Gasteiger partial charge >= 0.3 is 0 Å². The van der Waals surface area contributed by atoms with Gasteiger partial charge in [0.15, 0.2) is 6.19 Å². The van der Waals surface area contributed by atoms with Crippen LogP contribution in [-0.4, -0.2) is 17.6 Å². The van der Waals surface area contributed by atoms with Gasteiger partial charge < -0.3 is 10.1 Å². The molecule has 0 radical (unpaired) electrons. The van der Waals surface area contributed by atoms with Crippen molar-refractivity contribution in [2.24, 2.45) is 4.99 Å². The lowest BCUT2D eigenvalue weighted by atomic mass is 10.3. The number of unbranched alkanes of at least 4 members (excludes halogenated alkanes) is 1. The number of nitrogens with zero attached hydrogens (tertiary/aromatic N) is 3. The molecule has 1 aromatic heterocycles. The van der Waals surface area contributed by atoms with E-state index in [1.807, 2.05) is 48.7 Å². The molecule has 0 saturated heterocycles. The number of fused-ring (bicyclic) bond motifs is 1. The van der Waals surface area contributed by atoms with Gasteiger partial charge in [-0.15, -0.1) is 24.0 Å². The van der Waals surface area contributed by atoms with E-state index in [2.05, 4.69) is 40.2 Å². The van der Waals surface area contributed by atoms with Crippen LogP contribution in [0.3, 0.4) is 0 Å². The molecular weight excluding hydrogens is 378 g/mol. The average Bonchev–Trinajstić information content (AvgIpc) is 3.03. The average molecular weight is 398 g/mol. The second kappa shape index (κ2) is 9.26. The number of anilines is 1. The van der Waals surface area contributed by atoms with Gasteiger partial charge in [0.05, 0.1) is 22.5 Å². The predicted molar refractivity (Wildman–Crippen MR) is 113 cm³/mol. The number of ether oxygens (including phenoxy) is 1. The van der Waals surface area contributed by atoms with Crippen molar-refractivity contribution < 1.29 is 4.74 Å². The summed E-state index contributed by atoms with van der Waals surface area (Å²) in [6.07, 6.45) is 4.03. The van der Waals surface area contributed by atoms with Crippen LogP contribution in [0.5, 0.6) is 5.75 Å². The number of nitrogens with one attached hydrogen (secondary N) is 2. The number of aliphatic imine (C=N–C) groups is 1. The third-order valence-corrected chi connectivity index (χ3v) is 4.85. The van der Waals surface area contributed by atoms with Gasteiger partial charge in [0.2, 0.25) is 5.96 Å². The number of thiazole rings is 1. The van der Waals surface area contributed by atoms with Crippen molar-refractivity contribution in [3.8, 4) is 11.9 Å². The minimum Gasteiger partial charge on any atom is -0.494 e. The Morgan fingerprint density at radius 2 is 2.11 bits per heavy atom. The number of hydrogen-bond donors (Lipinski definition) is 3. The summed E-state index contributed by atoms with van der Waals surface area (Å²) < 4.78 is 7.36. The Bertz CT molecular complexity index is 976. The van der Waals surface area contributed by atoms with Crippen molar-refractivity contribution in [3.05, 3.63) is 42.5 Å². The van der Waals surface area contributed by atoms with Gasteiger partial charge in [-0.1, -0.05) is 13.3 Å². The molecule has 0 saturated carbocycles. The summed E-state index contributed by atoms with van der Waals surface area (Å²) in [4.78, 5) is 8.79. The standard InChI is InChI=1S/C19H19N5OS2/c1-2-3-10-25-15-7-4-13(5-8-15)22-18(21-12-20)23-14-6-9-16-17(11-14)27-19(26)24-16/h4-9,11H,2-3,10H2,1H3,(H,24,26)(H2,21,22,23). The highest BCUT2D eigenvalue weighted by Crippen LogP contribution is 2.28. The van der Waals surface area contributed by atoms with Crippen LogP contribution in [0.15, 0.2) is 51.8 Å². The van der Waals surface area contributed by atoms with Gasteiger partial charge in [0.1, 0.15) is 10.1 Å². The molecule has 0 unspecified atom stereocenters. The van der Waals surface area contributed by atoms with E-state index in [1.54, 1.807) is 0 Å². The van der Waals surface area contributed by atoms with E-state index >= 15 is 0 Å². The lowest BCUT2D eigenvalue weighted by Gasteiger charge is -2.10. The normalized spacial score (nSPS) is 11.2. The third-order valence-electron chi connectivity index (χ3n) is 3.66. The van der Waals surface area contributed by atoms with E-state index in [-0.39, 0.29) is 0 Å². The Kier molecular flexibility index (Phi) is 6.52. The predicted octanol–water partition coefficient (Wildman–Crippen LogP) is 4.93. The summed E-state index contributed by atoms with van der Waals surface area (Å²) in [6, 6.07) is 13.2. The molecule has 0 spiro atoms. The minimum atomic E-state index is 0.340. The van der Waals surface area contributed by atoms with Crippen LogP contribution in [0.2, 0.25) is 0 Å². The molecule has 3 aromatic rings. The Hall–Kier alpha value is -2.76. The highest BCUT2D eigenvalue weighted by Gasteiger charge is 2.05. The summed E-state index contributed by atoms with van der Waals surface area (Å²) in [5, 5.41) is 14.7. The van der Waals surface area contributed by atoms with Gasteiger partial charge in [0, 0.05) is 5.69 Å². The second-order valence-electron chi connectivity index (χ2n) is 5.70. The first-order valence-corrected chi connectivity index (χ1v) is 9.77. The summed E-state index contributed by atoms with van der Waals surface area (Å²) in [6.45, 7) is 2.84. The molecule has 0 amide bonds. The number of hydrogen-bond acceptors (Lipinski definition) is 6. The number of rotatable bonds is 6. The summed E-state index contributed by atoms with van der Waals surface area (Å²) in [7, 11) is 0. The van der Waals surface area contributed by atoms with Gasteiger partial charge in [-0.3, -0.25) is 5.32 Å². The number of benzene rings is 2. The van der Waals surface area contributed by atoms with Gasteiger partial charge in [-0.2, -0.15) is 5.26 Å². The fourth-order valence-corrected chi connectivity index (χ4v) is 3.49. The van der Waals surface area contributed by atoms with Crippen LogP contribution in [-0.2, 0) is 0 Å². The first-order chi connectivity index (χ1) is 13.2. The molecule has 0 fully saturated rings. The van der Waals surface area contributed by atoms with Crippen molar-refractivity contribution in [3.63, 3.8) is 0 Å². The number of thiol groups is 1. The number of nitriles is 1. The zero-order valence-corrected chi connectivity index (χ0v) is 16.5. The highest BCUT2D eigenvalue weighted by atomic mass is 32.2. The minimum absolute atomic E-state index is 0.340. The van der Waals surface area contributed by atoms with Gasteiger partial charge in [-0.25, -0.2) is 9.98 Å². The Balaban J connectivity index is 1.74.